The molecule has 0 bridgehead atoms. The zero-order valence-electron chi connectivity index (χ0n) is 11.2. The Morgan fingerprint density at radius 1 is 0.857 bits per heavy atom. The van der Waals surface area contributed by atoms with Crippen molar-refractivity contribution in [3.05, 3.63) is 52.8 Å². The molecule has 0 aromatic heterocycles. The second-order valence-electron chi connectivity index (χ2n) is 4.50. The number of rotatable bonds is 3. The molecule has 0 aliphatic heterocycles. The van der Waals surface area contributed by atoms with E-state index in [-0.39, 0.29) is 5.56 Å². The summed E-state index contributed by atoms with van der Waals surface area (Å²) in [5.41, 5.74) is -1.19. The van der Waals surface area contributed by atoms with Crippen LogP contribution in [0.1, 0.15) is 5.56 Å². The molecule has 0 saturated heterocycles. The van der Waals surface area contributed by atoms with Crippen LogP contribution in [-0.4, -0.2) is 14.4 Å². The maximum atomic E-state index is 14.0. The van der Waals surface area contributed by atoms with Crippen molar-refractivity contribution in [3.8, 4) is 5.75 Å². The minimum atomic E-state index is -1.49. The third-order valence-corrected chi connectivity index (χ3v) is 3.17. The van der Waals surface area contributed by atoms with Gasteiger partial charge in [-0.05, 0) is 29.5 Å². The highest BCUT2D eigenvalue weighted by molar-refractivity contribution is 6.67. The summed E-state index contributed by atoms with van der Waals surface area (Å²) >= 11 is 0. The van der Waals surface area contributed by atoms with Gasteiger partial charge in [0.1, 0.15) is 11.6 Å². The molecule has 110 valence electrons. The molecule has 21 heavy (non-hydrogen) atoms. The number of ether oxygens (including phenoxy) is 1. The lowest BCUT2D eigenvalue weighted by Gasteiger charge is -2.11. The van der Waals surface area contributed by atoms with E-state index < -0.39 is 53.0 Å². The second-order valence-corrected chi connectivity index (χ2v) is 4.50. The topological polar surface area (TPSA) is 9.23 Å². The molecule has 0 heterocycles. The van der Waals surface area contributed by atoms with Crippen molar-refractivity contribution in [1.29, 1.82) is 0 Å². The number of hydrogen-bond acceptors (Lipinski definition) is 1. The van der Waals surface area contributed by atoms with Gasteiger partial charge in [0.2, 0.25) is 7.28 Å². The number of methoxy groups -OCH3 is 1. The molecule has 1 nitrogen and oxygen atoms in total. The van der Waals surface area contributed by atoms with Crippen molar-refractivity contribution < 1.29 is 26.7 Å². The number of hydrogen-bond donors (Lipinski definition) is 0. The molecule has 0 fully saturated rings. The van der Waals surface area contributed by atoms with Gasteiger partial charge in [0.25, 0.3) is 0 Å². The minimum Gasteiger partial charge on any atom is -0.494 e. The van der Waals surface area contributed by atoms with Gasteiger partial charge in [0.15, 0.2) is 23.2 Å². The minimum absolute atomic E-state index is 0.121. The Kier molecular flexibility index (Phi) is 4.20. The summed E-state index contributed by atoms with van der Waals surface area (Å²) in [5.74, 6) is -6.43. The smallest absolute Gasteiger partial charge is 0.208 e. The molecule has 0 atom stereocenters. The molecule has 2 aromatic carbocycles. The van der Waals surface area contributed by atoms with Crippen LogP contribution in [0.2, 0.25) is 0 Å². The van der Waals surface area contributed by atoms with Gasteiger partial charge in [-0.25, -0.2) is 22.0 Å². The first kappa shape index (κ1) is 15.3. The van der Waals surface area contributed by atoms with Crippen LogP contribution in [0.15, 0.2) is 18.2 Å². The van der Waals surface area contributed by atoms with Crippen molar-refractivity contribution in [2.75, 3.05) is 7.11 Å². The largest absolute Gasteiger partial charge is 0.494 e. The standard InChI is InChI=1S/C14H10BF5O/c1-6-3-4-7(16)10(12(6)18)15-11-13(19)8(17)5-9(21-2)14(11)20/h3-5,15H,1-2H3. The Hall–Kier alpha value is -2.05. The van der Waals surface area contributed by atoms with E-state index in [1.807, 2.05) is 0 Å². The van der Waals surface area contributed by atoms with E-state index in [9.17, 15) is 22.0 Å². The molecule has 0 aliphatic carbocycles. The van der Waals surface area contributed by atoms with Gasteiger partial charge >= 0.3 is 0 Å². The fourth-order valence-electron chi connectivity index (χ4n) is 1.99. The Balaban J connectivity index is 2.60. The van der Waals surface area contributed by atoms with Crippen molar-refractivity contribution in [3.63, 3.8) is 0 Å². The summed E-state index contributed by atoms with van der Waals surface area (Å²) in [6.45, 7) is 1.39. The molecule has 0 radical (unpaired) electrons. The Bertz CT molecular complexity index is 702. The molecular weight excluding hydrogens is 290 g/mol. The average molecular weight is 300 g/mol. The third-order valence-electron chi connectivity index (χ3n) is 3.17. The van der Waals surface area contributed by atoms with E-state index in [4.69, 9.17) is 0 Å². The Morgan fingerprint density at radius 3 is 2.14 bits per heavy atom. The molecule has 0 aliphatic rings. The van der Waals surface area contributed by atoms with E-state index in [0.29, 0.717) is 6.07 Å². The number of aryl methyl sites for hydroxylation is 1. The summed E-state index contributed by atoms with van der Waals surface area (Å²) in [5, 5.41) is 0. The molecule has 2 rings (SSSR count). The van der Waals surface area contributed by atoms with Gasteiger partial charge in [0.05, 0.1) is 7.11 Å². The summed E-state index contributed by atoms with van der Waals surface area (Å²) in [7, 11) is 0.318. The first-order chi connectivity index (χ1) is 9.86. The maximum Gasteiger partial charge on any atom is 0.208 e. The van der Waals surface area contributed by atoms with Gasteiger partial charge in [-0.3, -0.25) is 0 Å². The summed E-state index contributed by atoms with van der Waals surface area (Å²) < 4.78 is 73.2. The third kappa shape index (κ3) is 2.72. The normalized spacial score (nSPS) is 10.6. The first-order valence-electron chi connectivity index (χ1n) is 6.00. The number of halogens is 5. The second kappa shape index (κ2) is 5.75. The summed E-state index contributed by atoms with van der Waals surface area (Å²) in [6.07, 6.45) is 0. The highest BCUT2D eigenvalue weighted by atomic mass is 19.2. The highest BCUT2D eigenvalue weighted by Gasteiger charge is 2.23. The highest BCUT2D eigenvalue weighted by Crippen LogP contribution is 2.18. The molecule has 2 aromatic rings. The van der Waals surface area contributed by atoms with E-state index in [1.165, 1.54) is 13.0 Å². The molecule has 0 N–H and O–H groups in total. The van der Waals surface area contributed by atoms with Crippen LogP contribution in [-0.2, 0) is 0 Å². The van der Waals surface area contributed by atoms with Crippen molar-refractivity contribution in [2.24, 2.45) is 0 Å². The molecular formula is C14H10BF5O. The van der Waals surface area contributed by atoms with Gasteiger partial charge in [-0.15, -0.1) is 0 Å². The lowest BCUT2D eigenvalue weighted by atomic mass is 9.62. The predicted molar refractivity (Wildman–Crippen MR) is 70.4 cm³/mol. The van der Waals surface area contributed by atoms with E-state index in [2.05, 4.69) is 4.74 Å². The number of benzene rings is 2. The van der Waals surface area contributed by atoms with E-state index >= 15 is 0 Å². The van der Waals surface area contributed by atoms with Gasteiger partial charge < -0.3 is 4.74 Å². The fraction of sp³-hybridized carbons (Fsp3) is 0.143. The molecule has 0 unspecified atom stereocenters. The lowest BCUT2D eigenvalue weighted by molar-refractivity contribution is 0.379. The van der Waals surface area contributed by atoms with Crippen LogP contribution < -0.4 is 15.7 Å². The Morgan fingerprint density at radius 2 is 1.52 bits per heavy atom. The zero-order valence-corrected chi connectivity index (χ0v) is 11.2. The van der Waals surface area contributed by atoms with Crippen LogP contribution >= 0.6 is 0 Å². The molecule has 0 spiro atoms. The van der Waals surface area contributed by atoms with Crippen LogP contribution in [0, 0.1) is 36.0 Å². The van der Waals surface area contributed by atoms with Crippen LogP contribution in [0.5, 0.6) is 5.75 Å². The molecule has 7 heteroatoms. The van der Waals surface area contributed by atoms with Crippen LogP contribution in [0.4, 0.5) is 22.0 Å². The average Bonchev–Trinajstić information content (AvgIpc) is 2.46. The van der Waals surface area contributed by atoms with Crippen LogP contribution in [0.25, 0.3) is 0 Å². The monoisotopic (exact) mass is 300 g/mol. The molecule has 0 amide bonds. The quantitative estimate of drug-likeness (QED) is 0.479. The zero-order chi connectivity index (χ0) is 15.7. The first-order valence-corrected chi connectivity index (χ1v) is 6.00. The van der Waals surface area contributed by atoms with E-state index in [1.54, 1.807) is 0 Å². The van der Waals surface area contributed by atoms with Crippen molar-refractivity contribution >= 4 is 18.2 Å². The van der Waals surface area contributed by atoms with Gasteiger partial charge in [0, 0.05) is 6.07 Å². The van der Waals surface area contributed by atoms with Crippen LogP contribution in [0.3, 0.4) is 0 Å². The summed E-state index contributed by atoms with van der Waals surface area (Å²) in [6, 6.07) is 2.73. The predicted octanol–water partition coefficient (Wildman–Crippen LogP) is 2.09. The van der Waals surface area contributed by atoms with E-state index in [0.717, 1.165) is 13.2 Å². The SMILES string of the molecule is COc1cc(F)c(F)c(Bc2c(F)ccc(C)c2F)c1F. The molecule has 0 saturated carbocycles. The Labute approximate surface area is 118 Å². The summed E-state index contributed by atoms with van der Waals surface area (Å²) in [4.78, 5) is 0. The van der Waals surface area contributed by atoms with Crippen molar-refractivity contribution in [2.45, 2.75) is 6.92 Å². The fourth-order valence-corrected chi connectivity index (χ4v) is 1.99. The maximum absolute atomic E-state index is 14.0. The van der Waals surface area contributed by atoms with Crippen molar-refractivity contribution in [1.82, 2.24) is 0 Å². The lowest BCUT2D eigenvalue weighted by Crippen LogP contribution is -2.37. The van der Waals surface area contributed by atoms with Gasteiger partial charge in [-0.1, -0.05) is 6.07 Å². The van der Waals surface area contributed by atoms with Gasteiger partial charge in [-0.2, -0.15) is 0 Å².